The number of hydrogen-bond donors (Lipinski definition) is 1. The van der Waals surface area contributed by atoms with Crippen LogP contribution >= 0.6 is 27.3 Å². The number of halogens is 1. The van der Waals surface area contributed by atoms with Gasteiger partial charge in [-0.25, -0.2) is 0 Å². The molecule has 1 unspecified atom stereocenters. The van der Waals surface area contributed by atoms with Gasteiger partial charge in [-0.15, -0.1) is 11.3 Å². The normalized spacial score (nSPS) is 12.7. The van der Waals surface area contributed by atoms with E-state index in [1.807, 2.05) is 23.6 Å². The van der Waals surface area contributed by atoms with E-state index >= 15 is 0 Å². The van der Waals surface area contributed by atoms with Crippen molar-refractivity contribution in [1.29, 1.82) is 0 Å². The lowest BCUT2D eigenvalue weighted by Gasteiger charge is -2.07. The van der Waals surface area contributed by atoms with E-state index in [4.69, 9.17) is 0 Å². The van der Waals surface area contributed by atoms with Crippen LogP contribution in [0, 0.1) is 0 Å². The van der Waals surface area contributed by atoms with E-state index in [1.165, 1.54) is 0 Å². The molecule has 0 amide bonds. The summed E-state index contributed by atoms with van der Waals surface area (Å²) in [7, 11) is 0. The molecule has 2 aromatic rings. The first-order chi connectivity index (χ1) is 7.25. The zero-order valence-electron chi connectivity index (χ0n) is 7.93. The van der Waals surface area contributed by atoms with Gasteiger partial charge in [0.15, 0.2) is 0 Å². The van der Waals surface area contributed by atoms with Crippen molar-refractivity contribution in [3.8, 4) is 0 Å². The zero-order valence-corrected chi connectivity index (χ0v) is 10.3. The molecule has 2 rings (SSSR count). The highest BCUT2D eigenvalue weighted by molar-refractivity contribution is 9.10. The summed E-state index contributed by atoms with van der Waals surface area (Å²) in [4.78, 5) is 5.00. The lowest BCUT2D eigenvalue weighted by atomic mass is 10.1. The van der Waals surface area contributed by atoms with E-state index in [-0.39, 0.29) is 0 Å². The third-order valence-corrected chi connectivity index (χ3v) is 3.86. The predicted molar refractivity (Wildman–Crippen MR) is 64.9 cm³/mol. The standard InChI is InChI=1S/C11H10BrNOS/c12-9-5-11(15-7-9)10(14)4-8-2-1-3-13-6-8/h1-3,5-7,10,14H,4H2. The number of thiophene rings is 1. The Morgan fingerprint density at radius 1 is 1.53 bits per heavy atom. The molecule has 1 N–H and O–H groups in total. The first kappa shape index (κ1) is 10.8. The average molecular weight is 284 g/mol. The summed E-state index contributed by atoms with van der Waals surface area (Å²) in [5, 5.41) is 11.9. The van der Waals surface area contributed by atoms with Crippen molar-refractivity contribution in [2.75, 3.05) is 0 Å². The predicted octanol–water partition coefficient (Wildman–Crippen LogP) is 3.18. The van der Waals surface area contributed by atoms with Gasteiger partial charge in [-0.3, -0.25) is 4.98 Å². The molecule has 78 valence electrons. The van der Waals surface area contributed by atoms with Gasteiger partial charge in [-0.1, -0.05) is 6.07 Å². The van der Waals surface area contributed by atoms with Crippen LogP contribution in [0.4, 0.5) is 0 Å². The van der Waals surface area contributed by atoms with Crippen LogP contribution in [0.3, 0.4) is 0 Å². The molecule has 0 spiro atoms. The van der Waals surface area contributed by atoms with E-state index in [0.717, 1.165) is 14.9 Å². The minimum atomic E-state index is -0.439. The van der Waals surface area contributed by atoms with Gasteiger partial charge in [0.25, 0.3) is 0 Å². The molecule has 2 nitrogen and oxygen atoms in total. The smallest absolute Gasteiger partial charge is 0.0923 e. The average Bonchev–Trinajstić information content (AvgIpc) is 2.66. The van der Waals surface area contributed by atoms with E-state index in [9.17, 15) is 5.11 Å². The fourth-order valence-corrected chi connectivity index (χ4v) is 2.78. The summed E-state index contributed by atoms with van der Waals surface area (Å²) in [5.74, 6) is 0. The topological polar surface area (TPSA) is 33.1 Å². The van der Waals surface area contributed by atoms with E-state index in [0.29, 0.717) is 6.42 Å². The van der Waals surface area contributed by atoms with Crippen LogP contribution < -0.4 is 0 Å². The number of aromatic nitrogens is 1. The molecule has 0 aliphatic heterocycles. The Bertz CT molecular complexity index is 429. The van der Waals surface area contributed by atoms with Crippen molar-refractivity contribution in [2.45, 2.75) is 12.5 Å². The highest BCUT2D eigenvalue weighted by atomic mass is 79.9. The number of aliphatic hydroxyl groups excluding tert-OH is 1. The van der Waals surface area contributed by atoms with Gasteiger partial charge in [0.1, 0.15) is 0 Å². The molecule has 0 fully saturated rings. The largest absolute Gasteiger partial charge is 0.387 e. The third kappa shape index (κ3) is 2.87. The van der Waals surface area contributed by atoms with Gasteiger partial charge >= 0.3 is 0 Å². The summed E-state index contributed by atoms with van der Waals surface area (Å²) < 4.78 is 1.02. The van der Waals surface area contributed by atoms with Crippen LogP contribution in [-0.2, 0) is 6.42 Å². The number of aliphatic hydroxyl groups is 1. The lowest BCUT2D eigenvalue weighted by molar-refractivity contribution is 0.182. The van der Waals surface area contributed by atoms with Crippen LogP contribution in [0.15, 0.2) is 40.4 Å². The van der Waals surface area contributed by atoms with Crippen LogP contribution in [0.25, 0.3) is 0 Å². The SMILES string of the molecule is OC(Cc1cccnc1)c1cc(Br)cs1. The number of pyridine rings is 1. The highest BCUT2D eigenvalue weighted by Crippen LogP contribution is 2.27. The third-order valence-electron chi connectivity index (χ3n) is 2.07. The van der Waals surface area contributed by atoms with Crippen molar-refractivity contribution in [3.63, 3.8) is 0 Å². The van der Waals surface area contributed by atoms with Crippen LogP contribution in [0.2, 0.25) is 0 Å². The van der Waals surface area contributed by atoms with Gasteiger partial charge in [0.05, 0.1) is 6.10 Å². The Morgan fingerprint density at radius 3 is 3.00 bits per heavy atom. The van der Waals surface area contributed by atoms with Crippen LogP contribution in [-0.4, -0.2) is 10.1 Å². The van der Waals surface area contributed by atoms with Gasteiger partial charge in [-0.2, -0.15) is 0 Å². The minimum Gasteiger partial charge on any atom is -0.387 e. The Hall–Kier alpha value is -0.710. The summed E-state index contributed by atoms with van der Waals surface area (Å²) in [6.45, 7) is 0. The van der Waals surface area contributed by atoms with Crippen LogP contribution in [0.5, 0.6) is 0 Å². The Labute approximate surface area is 101 Å². The van der Waals surface area contributed by atoms with E-state index in [2.05, 4.69) is 20.9 Å². The summed E-state index contributed by atoms with van der Waals surface area (Å²) >= 11 is 4.93. The minimum absolute atomic E-state index is 0.439. The van der Waals surface area contributed by atoms with Crippen molar-refractivity contribution < 1.29 is 5.11 Å². The first-order valence-corrected chi connectivity index (χ1v) is 6.24. The quantitative estimate of drug-likeness (QED) is 0.939. The van der Waals surface area contributed by atoms with Gasteiger partial charge < -0.3 is 5.11 Å². The molecule has 0 radical (unpaired) electrons. The Kier molecular flexibility index (Phi) is 3.51. The summed E-state index contributed by atoms with van der Waals surface area (Å²) in [6, 6.07) is 5.80. The summed E-state index contributed by atoms with van der Waals surface area (Å²) in [6.07, 6.45) is 3.69. The zero-order chi connectivity index (χ0) is 10.7. The van der Waals surface area contributed by atoms with Gasteiger partial charge in [0.2, 0.25) is 0 Å². The molecule has 15 heavy (non-hydrogen) atoms. The molecule has 0 bridgehead atoms. The first-order valence-electron chi connectivity index (χ1n) is 4.56. The molecule has 0 saturated heterocycles. The number of rotatable bonds is 3. The van der Waals surface area contributed by atoms with E-state index < -0.39 is 6.10 Å². The van der Waals surface area contributed by atoms with Crippen molar-refractivity contribution in [1.82, 2.24) is 4.98 Å². The van der Waals surface area contributed by atoms with E-state index in [1.54, 1.807) is 23.7 Å². The fraction of sp³-hybridized carbons (Fsp3) is 0.182. The summed E-state index contributed by atoms with van der Waals surface area (Å²) in [5.41, 5.74) is 1.05. The second kappa shape index (κ2) is 4.88. The maximum atomic E-state index is 9.95. The second-order valence-corrected chi connectivity index (χ2v) is 5.11. The van der Waals surface area contributed by atoms with Gasteiger partial charge in [-0.05, 0) is 33.6 Å². The molecule has 2 aromatic heterocycles. The molecule has 0 saturated carbocycles. The Morgan fingerprint density at radius 2 is 2.40 bits per heavy atom. The second-order valence-electron chi connectivity index (χ2n) is 3.25. The van der Waals surface area contributed by atoms with Crippen LogP contribution in [0.1, 0.15) is 16.5 Å². The maximum Gasteiger partial charge on any atom is 0.0923 e. The molecule has 4 heteroatoms. The molecular weight excluding hydrogens is 274 g/mol. The molecule has 0 aliphatic carbocycles. The number of nitrogens with zero attached hydrogens (tertiary/aromatic N) is 1. The number of hydrogen-bond acceptors (Lipinski definition) is 3. The molecule has 0 aliphatic rings. The highest BCUT2D eigenvalue weighted by Gasteiger charge is 2.10. The molecule has 0 aromatic carbocycles. The monoisotopic (exact) mass is 283 g/mol. The lowest BCUT2D eigenvalue weighted by Crippen LogP contribution is -1.99. The van der Waals surface area contributed by atoms with Crippen molar-refractivity contribution in [3.05, 3.63) is 50.9 Å². The maximum absolute atomic E-state index is 9.95. The van der Waals surface area contributed by atoms with Crippen molar-refractivity contribution in [2.24, 2.45) is 0 Å². The molecular formula is C11H10BrNOS. The molecule has 2 heterocycles. The molecule has 1 atom stereocenters. The van der Waals surface area contributed by atoms with Gasteiger partial charge in [0, 0.05) is 33.5 Å². The fourth-order valence-electron chi connectivity index (χ4n) is 1.35. The Balaban J connectivity index is 2.07. The van der Waals surface area contributed by atoms with Crippen molar-refractivity contribution >= 4 is 27.3 Å².